The third-order valence-electron chi connectivity index (χ3n) is 3.45. The highest BCUT2D eigenvalue weighted by atomic mass is 35.5. The Hall–Kier alpha value is -2.44. The molecule has 0 atom stereocenters. The highest BCUT2D eigenvalue weighted by Gasteiger charge is 2.20. The van der Waals surface area contributed by atoms with E-state index in [4.69, 9.17) is 11.6 Å². The van der Waals surface area contributed by atoms with Gasteiger partial charge in [-0.05, 0) is 18.6 Å². The van der Waals surface area contributed by atoms with Crippen molar-refractivity contribution in [3.05, 3.63) is 77.6 Å². The SMILES string of the molecule is Cc1ccccc1S(=O)(=O)Nc1cn[n+](-c2ccccc2)cc1Cl. The molecule has 3 aromatic rings. The van der Waals surface area contributed by atoms with Crippen LogP contribution in [0.1, 0.15) is 5.56 Å². The normalized spacial score (nSPS) is 11.2. The van der Waals surface area contributed by atoms with Crippen molar-refractivity contribution >= 4 is 27.3 Å². The highest BCUT2D eigenvalue weighted by molar-refractivity contribution is 7.92. The minimum atomic E-state index is -3.73. The molecule has 0 aliphatic carbocycles. The zero-order chi connectivity index (χ0) is 17.2. The van der Waals surface area contributed by atoms with Crippen molar-refractivity contribution in [2.24, 2.45) is 0 Å². The lowest BCUT2D eigenvalue weighted by atomic mass is 10.2. The Morgan fingerprint density at radius 1 is 1.04 bits per heavy atom. The summed E-state index contributed by atoms with van der Waals surface area (Å²) in [5.74, 6) is 0. The van der Waals surface area contributed by atoms with Crippen LogP contribution in [-0.4, -0.2) is 13.5 Å². The number of rotatable bonds is 4. The Kier molecular flexibility index (Phi) is 4.51. The zero-order valence-electron chi connectivity index (χ0n) is 12.8. The van der Waals surface area contributed by atoms with Gasteiger partial charge in [0.15, 0.2) is 0 Å². The molecule has 0 spiro atoms. The van der Waals surface area contributed by atoms with Crippen LogP contribution in [0, 0.1) is 6.92 Å². The molecule has 0 aliphatic rings. The number of hydrogen-bond acceptors (Lipinski definition) is 3. The Morgan fingerprint density at radius 2 is 1.71 bits per heavy atom. The molecule has 24 heavy (non-hydrogen) atoms. The summed E-state index contributed by atoms with van der Waals surface area (Å²) in [7, 11) is -3.73. The molecule has 3 rings (SSSR count). The topological polar surface area (TPSA) is 62.9 Å². The molecule has 1 heterocycles. The van der Waals surface area contributed by atoms with Gasteiger partial charge in [0.05, 0.1) is 10.6 Å². The van der Waals surface area contributed by atoms with Crippen molar-refractivity contribution in [1.29, 1.82) is 0 Å². The van der Waals surface area contributed by atoms with E-state index in [1.165, 1.54) is 6.20 Å². The number of sulfonamides is 1. The van der Waals surface area contributed by atoms with Gasteiger partial charge in [0.25, 0.3) is 10.0 Å². The summed E-state index contributed by atoms with van der Waals surface area (Å²) in [5, 5.41) is 4.47. The van der Waals surface area contributed by atoms with Crippen LogP contribution in [0.5, 0.6) is 0 Å². The lowest BCUT2D eigenvalue weighted by Gasteiger charge is -2.10. The second-order valence-corrected chi connectivity index (χ2v) is 7.24. The van der Waals surface area contributed by atoms with Crippen LogP contribution in [0.15, 0.2) is 71.9 Å². The smallest absolute Gasteiger partial charge is 0.262 e. The van der Waals surface area contributed by atoms with Gasteiger partial charge in [-0.25, -0.2) is 8.42 Å². The third kappa shape index (κ3) is 3.39. The maximum absolute atomic E-state index is 12.5. The van der Waals surface area contributed by atoms with E-state index in [2.05, 4.69) is 9.82 Å². The summed E-state index contributed by atoms with van der Waals surface area (Å²) in [6, 6.07) is 16.2. The van der Waals surface area contributed by atoms with E-state index in [1.807, 2.05) is 30.3 Å². The standard InChI is InChI=1S/C17H14ClN3O2S/c1-13-7-5-6-10-17(13)24(22,23)20-16-11-19-21(12-15(16)18)14-8-3-2-4-9-14/h2-12H,1H3/p+1. The molecule has 5 nitrogen and oxygen atoms in total. The quantitative estimate of drug-likeness (QED) is 0.727. The number of halogens is 1. The van der Waals surface area contributed by atoms with Gasteiger partial charge in [-0.15, -0.1) is 0 Å². The average Bonchev–Trinajstić information content (AvgIpc) is 2.57. The number of anilines is 1. The van der Waals surface area contributed by atoms with Crippen LogP contribution in [0.4, 0.5) is 5.69 Å². The minimum absolute atomic E-state index is 0.209. The van der Waals surface area contributed by atoms with E-state index in [-0.39, 0.29) is 15.6 Å². The summed E-state index contributed by atoms with van der Waals surface area (Å²) >= 11 is 6.22. The molecule has 1 aromatic heterocycles. The minimum Gasteiger partial charge on any atom is -0.276 e. The molecule has 7 heteroatoms. The first-order valence-electron chi connectivity index (χ1n) is 7.19. The number of hydrogen-bond donors (Lipinski definition) is 1. The van der Waals surface area contributed by atoms with Gasteiger partial charge >= 0.3 is 0 Å². The molecule has 0 aliphatic heterocycles. The van der Waals surface area contributed by atoms with E-state index in [0.29, 0.717) is 5.56 Å². The fraction of sp³-hybridized carbons (Fsp3) is 0.0588. The van der Waals surface area contributed by atoms with Crippen LogP contribution in [-0.2, 0) is 10.0 Å². The van der Waals surface area contributed by atoms with Gasteiger partial charge in [-0.2, -0.15) is 0 Å². The summed E-state index contributed by atoms with van der Waals surface area (Å²) in [6.07, 6.45) is 2.96. The van der Waals surface area contributed by atoms with Gasteiger partial charge in [-0.1, -0.05) is 52.7 Å². The molecule has 2 aromatic carbocycles. The Balaban J connectivity index is 1.93. The van der Waals surface area contributed by atoms with Crippen molar-refractivity contribution in [3.8, 4) is 5.69 Å². The van der Waals surface area contributed by atoms with Crippen molar-refractivity contribution in [2.75, 3.05) is 4.72 Å². The van der Waals surface area contributed by atoms with E-state index in [1.54, 1.807) is 42.1 Å². The number of para-hydroxylation sites is 1. The molecule has 1 N–H and O–H groups in total. The molecular formula is C17H15ClN3O2S+. The molecule has 0 radical (unpaired) electrons. The second-order valence-electron chi connectivity index (χ2n) is 5.19. The molecule has 0 unspecified atom stereocenters. The summed E-state index contributed by atoms with van der Waals surface area (Å²) < 4.78 is 29.1. The van der Waals surface area contributed by atoms with Gasteiger partial charge in [0.1, 0.15) is 11.2 Å². The van der Waals surface area contributed by atoms with Crippen LogP contribution < -0.4 is 9.40 Å². The molecule has 122 valence electrons. The maximum Gasteiger partial charge on any atom is 0.262 e. The van der Waals surface area contributed by atoms with Gasteiger partial charge in [0.2, 0.25) is 11.9 Å². The number of benzene rings is 2. The van der Waals surface area contributed by atoms with Crippen molar-refractivity contribution in [1.82, 2.24) is 5.10 Å². The van der Waals surface area contributed by atoms with Crippen molar-refractivity contribution in [3.63, 3.8) is 0 Å². The lowest BCUT2D eigenvalue weighted by molar-refractivity contribution is -0.659. The van der Waals surface area contributed by atoms with Gasteiger partial charge in [-0.3, -0.25) is 4.72 Å². The first kappa shape index (κ1) is 16.4. The summed E-state index contributed by atoms with van der Waals surface area (Å²) in [5.41, 5.74) is 1.71. The number of aryl methyl sites for hydroxylation is 1. The number of aromatic nitrogens is 2. The molecular weight excluding hydrogens is 346 g/mol. The number of nitrogens with one attached hydrogen (secondary N) is 1. The highest BCUT2D eigenvalue weighted by Crippen LogP contribution is 2.23. The van der Waals surface area contributed by atoms with Gasteiger partial charge < -0.3 is 0 Å². The first-order valence-corrected chi connectivity index (χ1v) is 9.05. The van der Waals surface area contributed by atoms with E-state index < -0.39 is 10.0 Å². The van der Waals surface area contributed by atoms with E-state index >= 15 is 0 Å². The lowest BCUT2D eigenvalue weighted by Crippen LogP contribution is -2.34. The van der Waals surface area contributed by atoms with Crippen LogP contribution in [0.3, 0.4) is 0 Å². The molecule has 0 saturated heterocycles. The van der Waals surface area contributed by atoms with Crippen molar-refractivity contribution < 1.29 is 13.1 Å². The molecule has 0 bridgehead atoms. The zero-order valence-corrected chi connectivity index (χ0v) is 14.4. The molecule has 0 fully saturated rings. The van der Waals surface area contributed by atoms with E-state index in [9.17, 15) is 8.42 Å². The summed E-state index contributed by atoms with van der Waals surface area (Å²) in [4.78, 5) is 0.209. The fourth-order valence-electron chi connectivity index (χ4n) is 2.25. The van der Waals surface area contributed by atoms with Gasteiger partial charge in [0, 0.05) is 17.2 Å². The predicted molar refractivity (Wildman–Crippen MR) is 92.8 cm³/mol. The molecule has 0 amide bonds. The van der Waals surface area contributed by atoms with Crippen molar-refractivity contribution in [2.45, 2.75) is 11.8 Å². The largest absolute Gasteiger partial charge is 0.276 e. The molecule has 0 saturated carbocycles. The maximum atomic E-state index is 12.5. The summed E-state index contributed by atoms with van der Waals surface area (Å²) in [6.45, 7) is 1.74. The Morgan fingerprint density at radius 3 is 2.38 bits per heavy atom. The monoisotopic (exact) mass is 360 g/mol. The van der Waals surface area contributed by atoms with Crippen LogP contribution in [0.25, 0.3) is 5.69 Å². The van der Waals surface area contributed by atoms with Crippen LogP contribution in [0.2, 0.25) is 5.02 Å². The third-order valence-corrected chi connectivity index (χ3v) is 5.28. The van der Waals surface area contributed by atoms with E-state index in [0.717, 1.165) is 5.69 Å². The second kappa shape index (κ2) is 6.59. The van der Waals surface area contributed by atoms with Crippen LogP contribution >= 0.6 is 11.6 Å². The number of nitrogens with zero attached hydrogens (tertiary/aromatic N) is 2. The average molecular weight is 361 g/mol. The predicted octanol–water partition coefficient (Wildman–Crippen LogP) is 3.12. The first-order chi connectivity index (χ1) is 11.5. The Bertz CT molecular complexity index is 976. The Labute approximate surface area is 145 Å². The fourth-order valence-corrected chi connectivity index (χ4v) is 3.80.